The summed E-state index contributed by atoms with van der Waals surface area (Å²) in [4.78, 5) is 12.4. The standard InChI is InChI=1S/C16H20O3/c1-4-5-8-12-11-16(19-3,15(12)17)13-9-6-7-10-14(13)18-2/h6-7,9-11H,4-5,8H2,1-3H3. The Morgan fingerprint density at radius 2 is 1.95 bits per heavy atom. The van der Waals surface area contributed by atoms with Gasteiger partial charge in [-0.05, 0) is 30.6 Å². The average molecular weight is 260 g/mol. The number of Topliss-reactive ketones (excluding diaryl/α,β-unsaturated/α-hetero) is 1. The largest absolute Gasteiger partial charge is 0.496 e. The summed E-state index contributed by atoms with van der Waals surface area (Å²) in [6, 6.07) is 7.51. The van der Waals surface area contributed by atoms with Gasteiger partial charge in [-0.15, -0.1) is 0 Å². The van der Waals surface area contributed by atoms with E-state index in [1.165, 1.54) is 0 Å². The van der Waals surface area contributed by atoms with E-state index >= 15 is 0 Å². The predicted molar refractivity (Wildman–Crippen MR) is 74.3 cm³/mol. The molecule has 0 aromatic heterocycles. The van der Waals surface area contributed by atoms with Crippen LogP contribution in [0.5, 0.6) is 5.75 Å². The van der Waals surface area contributed by atoms with Gasteiger partial charge in [-0.25, -0.2) is 0 Å². The van der Waals surface area contributed by atoms with Gasteiger partial charge in [0.25, 0.3) is 0 Å². The number of rotatable bonds is 6. The highest BCUT2D eigenvalue weighted by atomic mass is 16.5. The van der Waals surface area contributed by atoms with Crippen LogP contribution in [0.3, 0.4) is 0 Å². The second-order valence-corrected chi connectivity index (χ2v) is 4.74. The molecule has 0 saturated carbocycles. The van der Waals surface area contributed by atoms with Gasteiger partial charge in [0.05, 0.1) is 7.11 Å². The second-order valence-electron chi connectivity index (χ2n) is 4.74. The van der Waals surface area contributed by atoms with E-state index in [4.69, 9.17) is 9.47 Å². The maximum absolute atomic E-state index is 12.4. The van der Waals surface area contributed by atoms with Crippen molar-refractivity contribution >= 4 is 5.78 Å². The van der Waals surface area contributed by atoms with Crippen molar-refractivity contribution in [3.63, 3.8) is 0 Å². The highest BCUT2D eigenvalue weighted by molar-refractivity contribution is 6.11. The summed E-state index contributed by atoms with van der Waals surface area (Å²) in [7, 11) is 3.17. The monoisotopic (exact) mass is 260 g/mol. The van der Waals surface area contributed by atoms with Gasteiger partial charge in [0, 0.05) is 12.7 Å². The minimum Gasteiger partial charge on any atom is -0.496 e. The van der Waals surface area contributed by atoms with Gasteiger partial charge >= 0.3 is 0 Å². The zero-order chi connectivity index (χ0) is 13.9. The molecule has 0 amide bonds. The number of carbonyl (C=O) groups is 1. The van der Waals surface area contributed by atoms with E-state index in [1.54, 1.807) is 14.2 Å². The van der Waals surface area contributed by atoms with Crippen molar-refractivity contribution in [2.24, 2.45) is 0 Å². The molecule has 1 aromatic rings. The Bertz CT molecular complexity index is 504. The Balaban J connectivity index is 2.36. The summed E-state index contributed by atoms with van der Waals surface area (Å²) in [5.41, 5.74) is 0.704. The lowest BCUT2D eigenvalue weighted by atomic mass is 9.73. The second kappa shape index (κ2) is 5.57. The lowest BCUT2D eigenvalue weighted by molar-refractivity contribution is -0.137. The van der Waals surface area contributed by atoms with Crippen molar-refractivity contribution in [3.8, 4) is 5.75 Å². The van der Waals surface area contributed by atoms with Crippen LogP contribution < -0.4 is 4.74 Å². The van der Waals surface area contributed by atoms with Crippen molar-refractivity contribution in [3.05, 3.63) is 41.5 Å². The van der Waals surface area contributed by atoms with E-state index in [9.17, 15) is 4.79 Å². The zero-order valence-electron chi connectivity index (χ0n) is 11.7. The molecule has 19 heavy (non-hydrogen) atoms. The average Bonchev–Trinajstić information content (AvgIpc) is 2.46. The molecule has 0 fully saturated rings. The molecule has 102 valence electrons. The number of para-hydroxylation sites is 1. The minimum atomic E-state index is -0.949. The van der Waals surface area contributed by atoms with Gasteiger partial charge in [0.2, 0.25) is 0 Å². The molecule has 3 heteroatoms. The smallest absolute Gasteiger partial charge is 0.199 e. The Kier molecular flexibility index (Phi) is 4.05. The topological polar surface area (TPSA) is 35.5 Å². The van der Waals surface area contributed by atoms with Gasteiger partial charge in [-0.2, -0.15) is 0 Å². The molecule has 0 heterocycles. The molecule has 1 aromatic carbocycles. The summed E-state index contributed by atoms with van der Waals surface area (Å²) in [6.45, 7) is 2.12. The van der Waals surface area contributed by atoms with Crippen molar-refractivity contribution < 1.29 is 14.3 Å². The number of ether oxygens (including phenoxy) is 2. The first-order valence-electron chi connectivity index (χ1n) is 6.64. The van der Waals surface area contributed by atoms with Crippen LogP contribution in [0.15, 0.2) is 35.9 Å². The molecule has 1 atom stereocenters. The van der Waals surface area contributed by atoms with E-state index in [-0.39, 0.29) is 5.78 Å². The molecule has 0 saturated heterocycles. The van der Waals surface area contributed by atoms with E-state index in [2.05, 4.69) is 6.92 Å². The van der Waals surface area contributed by atoms with Crippen LogP contribution in [0.1, 0.15) is 31.7 Å². The number of unbranched alkanes of at least 4 members (excludes halogenated alkanes) is 1. The third kappa shape index (κ3) is 2.19. The van der Waals surface area contributed by atoms with Crippen molar-refractivity contribution in [1.29, 1.82) is 0 Å². The first-order valence-corrected chi connectivity index (χ1v) is 6.64. The number of hydrogen-bond donors (Lipinski definition) is 0. The summed E-state index contributed by atoms with van der Waals surface area (Å²) in [6.07, 6.45) is 4.88. The number of benzene rings is 1. The molecular formula is C16H20O3. The van der Waals surface area contributed by atoms with E-state index in [0.29, 0.717) is 5.75 Å². The van der Waals surface area contributed by atoms with Gasteiger partial charge in [-0.3, -0.25) is 4.79 Å². The van der Waals surface area contributed by atoms with Crippen molar-refractivity contribution in [2.75, 3.05) is 14.2 Å². The summed E-state index contributed by atoms with van der Waals surface area (Å²) in [5, 5.41) is 0. The molecule has 1 aliphatic rings. The van der Waals surface area contributed by atoms with Gasteiger partial charge < -0.3 is 9.47 Å². The number of ketones is 1. The molecule has 0 N–H and O–H groups in total. The van der Waals surface area contributed by atoms with Crippen LogP contribution >= 0.6 is 0 Å². The third-order valence-corrected chi connectivity index (χ3v) is 3.64. The van der Waals surface area contributed by atoms with Crippen LogP contribution in [0.2, 0.25) is 0 Å². The third-order valence-electron chi connectivity index (χ3n) is 3.64. The molecule has 1 unspecified atom stereocenters. The molecule has 1 aliphatic carbocycles. The summed E-state index contributed by atoms with van der Waals surface area (Å²) >= 11 is 0. The van der Waals surface area contributed by atoms with Crippen molar-refractivity contribution in [1.82, 2.24) is 0 Å². The van der Waals surface area contributed by atoms with Crippen LogP contribution in [0, 0.1) is 0 Å². The quantitative estimate of drug-likeness (QED) is 0.787. The van der Waals surface area contributed by atoms with Crippen LogP contribution in [0.4, 0.5) is 0 Å². The first kappa shape index (κ1) is 13.8. The molecular weight excluding hydrogens is 240 g/mol. The van der Waals surface area contributed by atoms with Crippen LogP contribution in [-0.2, 0) is 15.1 Å². The highest BCUT2D eigenvalue weighted by Crippen LogP contribution is 2.44. The molecule has 0 aliphatic heterocycles. The fourth-order valence-corrected chi connectivity index (χ4v) is 2.50. The highest BCUT2D eigenvalue weighted by Gasteiger charge is 2.49. The number of carbonyl (C=O) groups excluding carboxylic acids is 1. The predicted octanol–water partition coefficient (Wildman–Crippen LogP) is 3.24. The SMILES string of the molecule is CCCCC1=CC(OC)(c2ccccc2OC)C1=O. The first-order chi connectivity index (χ1) is 9.19. The lowest BCUT2D eigenvalue weighted by Crippen LogP contribution is -2.45. The molecule has 0 radical (unpaired) electrons. The van der Waals surface area contributed by atoms with Gasteiger partial charge in [0.1, 0.15) is 5.75 Å². The van der Waals surface area contributed by atoms with E-state index in [0.717, 1.165) is 30.4 Å². The normalized spacial score (nSPS) is 21.8. The Hall–Kier alpha value is -1.61. The minimum absolute atomic E-state index is 0.0629. The Morgan fingerprint density at radius 3 is 2.53 bits per heavy atom. The maximum Gasteiger partial charge on any atom is 0.199 e. The summed E-state index contributed by atoms with van der Waals surface area (Å²) < 4.78 is 10.9. The van der Waals surface area contributed by atoms with Crippen LogP contribution in [0.25, 0.3) is 0 Å². The zero-order valence-corrected chi connectivity index (χ0v) is 11.7. The molecule has 0 bridgehead atoms. The maximum atomic E-state index is 12.4. The number of methoxy groups -OCH3 is 2. The molecule has 0 spiro atoms. The van der Waals surface area contributed by atoms with E-state index in [1.807, 2.05) is 30.3 Å². The fraction of sp³-hybridized carbons (Fsp3) is 0.438. The molecule has 3 nitrogen and oxygen atoms in total. The van der Waals surface area contributed by atoms with Gasteiger partial charge in [-0.1, -0.05) is 31.5 Å². The van der Waals surface area contributed by atoms with Crippen LogP contribution in [-0.4, -0.2) is 20.0 Å². The van der Waals surface area contributed by atoms with E-state index < -0.39 is 5.60 Å². The Labute approximate surface area is 114 Å². The fourth-order valence-electron chi connectivity index (χ4n) is 2.50. The lowest BCUT2D eigenvalue weighted by Gasteiger charge is -2.37. The Morgan fingerprint density at radius 1 is 1.21 bits per heavy atom. The van der Waals surface area contributed by atoms with Gasteiger partial charge in [0.15, 0.2) is 11.4 Å². The van der Waals surface area contributed by atoms with Crippen molar-refractivity contribution in [2.45, 2.75) is 31.8 Å². The molecule has 2 rings (SSSR count). The summed E-state index contributed by atoms with van der Waals surface area (Å²) in [5.74, 6) is 0.747. The number of hydrogen-bond acceptors (Lipinski definition) is 3.